The summed E-state index contributed by atoms with van der Waals surface area (Å²) in [5.41, 5.74) is 2.23. The summed E-state index contributed by atoms with van der Waals surface area (Å²) in [5.74, 6) is -0.700. The normalized spacial score (nSPS) is 12.1. The molecule has 0 fully saturated rings. The number of carbonyl (C=O) groups excluding carboxylic acids is 2. The molecule has 186 valence electrons. The summed E-state index contributed by atoms with van der Waals surface area (Å²) in [6, 6.07) is 13.2. The van der Waals surface area contributed by atoms with Gasteiger partial charge >= 0.3 is 0 Å². The molecule has 9 heteroatoms. The number of carbonyl (C=O) groups is 2. The molecule has 1 unspecified atom stereocenters. The maximum Gasteiger partial charge on any atom is 0.244 e. The summed E-state index contributed by atoms with van der Waals surface area (Å²) >= 11 is 5.95. The van der Waals surface area contributed by atoms with E-state index in [0.717, 1.165) is 34.5 Å². The first-order valence-corrected chi connectivity index (χ1v) is 13.7. The van der Waals surface area contributed by atoms with Crippen molar-refractivity contribution in [1.82, 2.24) is 10.2 Å². The van der Waals surface area contributed by atoms with Crippen LogP contribution in [0.15, 0.2) is 48.5 Å². The average molecular weight is 508 g/mol. The molecule has 0 aliphatic carbocycles. The molecular formula is C25H34ClN3O4S. The van der Waals surface area contributed by atoms with Crippen LogP contribution in [0.1, 0.15) is 44.2 Å². The second-order valence-electron chi connectivity index (χ2n) is 8.33. The summed E-state index contributed by atoms with van der Waals surface area (Å²) in [6.45, 7) is 6.13. The molecule has 0 aliphatic rings. The highest BCUT2D eigenvalue weighted by Crippen LogP contribution is 2.22. The smallest absolute Gasteiger partial charge is 0.244 e. The van der Waals surface area contributed by atoms with E-state index >= 15 is 0 Å². The molecule has 34 heavy (non-hydrogen) atoms. The molecule has 2 aromatic rings. The molecule has 2 amide bonds. The quantitative estimate of drug-likeness (QED) is 0.437. The van der Waals surface area contributed by atoms with Crippen molar-refractivity contribution >= 4 is 39.1 Å². The summed E-state index contributed by atoms with van der Waals surface area (Å²) in [6.07, 6.45) is 3.23. The van der Waals surface area contributed by atoms with Crippen molar-refractivity contribution < 1.29 is 18.0 Å². The van der Waals surface area contributed by atoms with E-state index in [4.69, 9.17) is 11.6 Å². The predicted molar refractivity (Wildman–Crippen MR) is 137 cm³/mol. The van der Waals surface area contributed by atoms with E-state index < -0.39 is 28.5 Å². The Kier molecular flexibility index (Phi) is 10.4. The number of nitrogens with zero attached hydrogens (tertiary/aromatic N) is 2. The van der Waals surface area contributed by atoms with Crippen LogP contribution in [0.2, 0.25) is 5.02 Å². The molecule has 2 aromatic carbocycles. The van der Waals surface area contributed by atoms with E-state index in [1.807, 2.05) is 45.0 Å². The van der Waals surface area contributed by atoms with Crippen LogP contribution in [-0.2, 0) is 26.2 Å². The number of anilines is 1. The van der Waals surface area contributed by atoms with Gasteiger partial charge in [0, 0.05) is 18.1 Å². The van der Waals surface area contributed by atoms with Crippen LogP contribution >= 0.6 is 11.6 Å². The van der Waals surface area contributed by atoms with Crippen molar-refractivity contribution in [3.63, 3.8) is 0 Å². The van der Waals surface area contributed by atoms with E-state index in [9.17, 15) is 18.0 Å². The molecule has 7 nitrogen and oxygen atoms in total. The molecule has 1 atom stereocenters. The Hall–Kier alpha value is -2.58. The van der Waals surface area contributed by atoms with Gasteiger partial charge in [-0.15, -0.1) is 0 Å². The fourth-order valence-electron chi connectivity index (χ4n) is 3.65. The largest absolute Gasteiger partial charge is 0.354 e. The van der Waals surface area contributed by atoms with Crippen LogP contribution in [0.25, 0.3) is 0 Å². The van der Waals surface area contributed by atoms with Gasteiger partial charge in [0.2, 0.25) is 21.8 Å². The van der Waals surface area contributed by atoms with Crippen LogP contribution in [0, 0.1) is 6.92 Å². The van der Waals surface area contributed by atoms with Crippen LogP contribution in [0.4, 0.5) is 5.69 Å². The topological polar surface area (TPSA) is 86.8 Å². The fraction of sp³-hybridized carbons (Fsp3) is 0.440. The zero-order chi connectivity index (χ0) is 25.3. The van der Waals surface area contributed by atoms with Gasteiger partial charge < -0.3 is 10.2 Å². The lowest BCUT2D eigenvalue weighted by Gasteiger charge is -2.33. The molecule has 0 aromatic heterocycles. The minimum atomic E-state index is -3.77. The van der Waals surface area contributed by atoms with Crippen molar-refractivity contribution in [3.8, 4) is 0 Å². The van der Waals surface area contributed by atoms with Crippen LogP contribution in [0.3, 0.4) is 0 Å². The van der Waals surface area contributed by atoms with Gasteiger partial charge in [0.1, 0.15) is 12.6 Å². The second kappa shape index (κ2) is 12.8. The Morgan fingerprint density at radius 2 is 1.76 bits per heavy atom. The van der Waals surface area contributed by atoms with Gasteiger partial charge in [0.15, 0.2) is 0 Å². The number of hydrogen-bond donors (Lipinski definition) is 1. The van der Waals surface area contributed by atoms with Gasteiger partial charge in [-0.05, 0) is 49.6 Å². The van der Waals surface area contributed by atoms with Crippen molar-refractivity contribution in [2.75, 3.05) is 23.7 Å². The summed E-state index contributed by atoms with van der Waals surface area (Å²) in [5, 5.41) is 3.37. The first kappa shape index (κ1) is 27.7. The lowest BCUT2D eigenvalue weighted by atomic mass is 10.1. The summed E-state index contributed by atoms with van der Waals surface area (Å²) < 4.78 is 26.2. The lowest BCUT2D eigenvalue weighted by molar-refractivity contribution is -0.140. The third kappa shape index (κ3) is 8.02. The molecule has 0 radical (unpaired) electrons. The Labute approximate surface area is 208 Å². The summed E-state index contributed by atoms with van der Waals surface area (Å²) in [7, 11) is -3.77. The molecule has 0 heterocycles. The number of aryl methyl sites for hydroxylation is 1. The van der Waals surface area contributed by atoms with Gasteiger partial charge in [0.25, 0.3) is 0 Å². The van der Waals surface area contributed by atoms with E-state index in [1.54, 1.807) is 24.3 Å². The molecule has 0 saturated carbocycles. The Bertz CT molecular complexity index is 1070. The SMILES string of the molecule is CCCCNC(=O)C(CC)N(Cc1cccc(C)c1)C(=O)CN(c1ccc(Cl)cc1)S(C)(=O)=O. The maximum absolute atomic E-state index is 13.6. The molecule has 0 aliphatic heterocycles. The molecular weight excluding hydrogens is 474 g/mol. The molecule has 1 N–H and O–H groups in total. The van der Waals surface area contributed by atoms with Crippen LogP contribution in [-0.4, -0.2) is 50.5 Å². The zero-order valence-corrected chi connectivity index (χ0v) is 21.8. The third-order valence-corrected chi connectivity index (χ3v) is 6.84. The van der Waals surface area contributed by atoms with E-state index in [1.165, 1.54) is 4.90 Å². The first-order valence-electron chi connectivity index (χ1n) is 11.4. The fourth-order valence-corrected chi connectivity index (χ4v) is 4.63. The molecule has 0 spiro atoms. The molecule has 0 bridgehead atoms. The zero-order valence-electron chi connectivity index (χ0n) is 20.3. The Morgan fingerprint density at radius 3 is 2.32 bits per heavy atom. The van der Waals surface area contributed by atoms with Crippen molar-refractivity contribution in [1.29, 1.82) is 0 Å². The van der Waals surface area contributed by atoms with E-state index in [-0.39, 0.29) is 12.5 Å². The number of amides is 2. The number of hydrogen-bond acceptors (Lipinski definition) is 4. The minimum absolute atomic E-state index is 0.193. The lowest BCUT2D eigenvalue weighted by Crippen LogP contribution is -2.52. The number of halogens is 1. The number of nitrogens with one attached hydrogen (secondary N) is 1. The highest BCUT2D eigenvalue weighted by molar-refractivity contribution is 7.92. The Morgan fingerprint density at radius 1 is 1.09 bits per heavy atom. The third-order valence-electron chi connectivity index (χ3n) is 5.44. The highest BCUT2D eigenvalue weighted by atomic mass is 35.5. The molecule has 2 rings (SSSR count). The van der Waals surface area contributed by atoms with Crippen molar-refractivity contribution in [3.05, 3.63) is 64.7 Å². The van der Waals surface area contributed by atoms with Crippen molar-refractivity contribution in [2.24, 2.45) is 0 Å². The Balaban J connectivity index is 2.39. The first-order chi connectivity index (χ1) is 16.1. The van der Waals surface area contributed by atoms with E-state index in [0.29, 0.717) is 23.7 Å². The monoisotopic (exact) mass is 507 g/mol. The number of benzene rings is 2. The number of rotatable bonds is 12. The maximum atomic E-state index is 13.6. The van der Waals surface area contributed by atoms with Gasteiger partial charge in [-0.1, -0.05) is 61.7 Å². The van der Waals surface area contributed by atoms with Gasteiger partial charge in [-0.2, -0.15) is 0 Å². The van der Waals surface area contributed by atoms with Gasteiger partial charge in [-0.25, -0.2) is 8.42 Å². The highest BCUT2D eigenvalue weighted by Gasteiger charge is 2.31. The second-order valence-corrected chi connectivity index (χ2v) is 10.7. The average Bonchev–Trinajstić information content (AvgIpc) is 2.77. The predicted octanol–water partition coefficient (Wildman–Crippen LogP) is 4.14. The standard InChI is InChI=1S/C25H34ClN3O4S/c1-5-7-15-27-25(31)23(6-2)28(17-20-10-8-9-19(3)16-20)24(30)18-29(34(4,32)33)22-13-11-21(26)12-14-22/h8-14,16,23H,5-7,15,17-18H2,1-4H3,(H,27,31). The van der Waals surface area contributed by atoms with Crippen LogP contribution in [0.5, 0.6) is 0 Å². The van der Waals surface area contributed by atoms with Gasteiger partial charge in [-0.3, -0.25) is 13.9 Å². The number of unbranched alkanes of at least 4 members (excludes halogenated alkanes) is 1. The van der Waals surface area contributed by atoms with Crippen molar-refractivity contribution in [2.45, 2.75) is 52.6 Å². The number of sulfonamides is 1. The van der Waals surface area contributed by atoms with Gasteiger partial charge in [0.05, 0.1) is 11.9 Å². The van der Waals surface area contributed by atoms with Crippen LogP contribution < -0.4 is 9.62 Å². The van der Waals surface area contributed by atoms with E-state index in [2.05, 4.69) is 5.32 Å². The summed E-state index contributed by atoms with van der Waals surface area (Å²) in [4.78, 5) is 28.0. The minimum Gasteiger partial charge on any atom is -0.354 e. The molecule has 0 saturated heterocycles.